The Bertz CT molecular complexity index is 609. The minimum atomic E-state index is -0.877. The van der Waals surface area contributed by atoms with E-state index in [1.165, 1.54) is 0 Å². The third-order valence-corrected chi connectivity index (χ3v) is 3.60. The Balaban J connectivity index is 1.69. The van der Waals surface area contributed by atoms with Crippen LogP contribution in [0.4, 0.5) is 0 Å². The lowest BCUT2D eigenvalue weighted by molar-refractivity contribution is -0.167. The third kappa shape index (κ3) is 3.31. The quantitative estimate of drug-likeness (QED) is 0.808. The smallest absolute Gasteiger partial charge is 0.338 e. The molecule has 1 fully saturated rings. The number of carbonyl (C=O) groups excluding carboxylic acids is 1. The standard InChI is InChI=1S/C18H18O3/c1-18(13-15-10-6-3-7-11-15)20-16(17(19)21-18)12-14-8-4-2-5-9-14/h2-11,16H,12-13H2,1H3/t16-,18+/m1/s1. The molecule has 1 aliphatic heterocycles. The maximum Gasteiger partial charge on any atom is 0.338 e. The van der Waals surface area contributed by atoms with Crippen LogP contribution in [0.1, 0.15) is 18.1 Å². The van der Waals surface area contributed by atoms with Crippen molar-refractivity contribution in [3.05, 3.63) is 71.8 Å². The fraction of sp³-hybridized carbons (Fsp3) is 0.278. The lowest BCUT2D eigenvalue weighted by Crippen LogP contribution is -2.30. The van der Waals surface area contributed by atoms with Gasteiger partial charge in [-0.1, -0.05) is 60.7 Å². The molecule has 0 saturated carbocycles. The SMILES string of the molecule is C[C@@]1(Cc2ccccc2)OC(=O)[C@@H](Cc2ccccc2)O1. The molecule has 0 aliphatic carbocycles. The van der Waals surface area contributed by atoms with Gasteiger partial charge in [-0.3, -0.25) is 0 Å². The summed E-state index contributed by atoms with van der Waals surface area (Å²) >= 11 is 0. The van der Waals surface area contributed by atoms with E-state index in [9.17, 15) is 4.79 Å². The summed E-state index contributed by atoms with van der Waals surface area (Å²) < 4.78 is 11.4. The maximum absolute atomic E-state index is 12.0. The Labute approximate surface area is 124 Å². The Kier molecular flexibility index (Phi) is 3.76. The molecule has 3 nitrogen and oxygen atoms in total. The van der Waals surface area contributed by atoms with Gasteiger partial charge < -0.3 is 9.47 Å². The molecule has 0 amide bonds. The van der Waals surface area contributed by atoms with Gasteiger partial charge in [0.1, 0.15) is 0 Å². The van der Waals surface area contributed by atoms with Crippen molar-refractivity contribution < 1.29 is 14.3 Å². The van der Waals surface area contributed by atoms with Crippen molar-refractivity contribution in [2.24, 2.45) is 0 Å². The van der Waals surface area contributed by atoms with Crippen LogP contribution in [0.3, 0.4) is 0 Å². The summed E-state index contributed by atoms with van der Waals surface area (Å²) in [5, 5.41) is 0. The van der Waals surface area contributed by atoms with E-state index in [-0.39, 0.29) is 5.97 Å². The first-order valence-corrected chi connectivity index (χ1v) is 7.13. The molecule has 0 radical (unpaired) electrons. The summed E-state index contributed by atoms with van der Waals surface area (Å²) in [5.74, 6) is -1.16. The molecule has 1 saturated heterocycles. The van der Waals surface area contributed by atoms with Crippen LogP contribution in [0, 0.1) is 0 Å². The van der Waals surface area contributed by atoms with Crippen LogP contribution in [-0.2, 0) is 27.1 Å². The van der Waals surface area contributed by atoms with Gasteiger partial charge in [-0.05, 0) is 11.1 Å². The van der Waals surface area contributed by atoms with Gasteiger partial charge in [0.25, 0.3) is 0 Å². The minimum absolute atomic E-state index is 0.280. The zero-order valence-electron chi connectivity index (χ0n) is 12.0. The van der Waals surface area contributed by atoms with Gasteiger partial charge in [0.15, 0.2) is 6.10 Å². The number of hydrogen-bond acceptors (Lipinski definition) is 3. The average Bonchev–Trinajstić information content (AvgIpc) is 2.75. The van der Waals surface area contributed by atoms with Crippen LogP contribution in [0.5, 0.6) is 0 Å². The van der Waals surface area contributed by atoms with Gasteiger partial charge in [-0.15, -0.1) is 0 Å². The lowest BCUT2D eigenvalue weighted by Gasteiger charge is -2.22. The van der Waals surface area contributed by atoms with Crippen molar-refractivity contribution in [3.8, 4) is 0 Å². The number of carbonyl (C=O) groups is 1. The molecule has 3 heteroatoms. The number of rotatable bonds is 4. The lowest BCUT2D eigenvalue weighted by atomic mass is 10.1. The van der Waals surface area contributed by atoms with E-state index in [1.54, 1.807) is 0 Å². The summed E-state index contributed by atoms with van der Waals surface area (Å²) in [7, 11) is 0. The minimum Gasteiger partial charge on any atom is -0.431 e. The number of ether oxygens (including phenoxy) is 2. The molecule has 1 aliphatic rings. The van der Waals surface area contributed by atoms with Crippen LogP contribution < -0.4 is 0 Å². The Morgan fingerprint density at radius 1 is 0.952 bits per heavy atom. The van der Waals surface area contributed by atoms with Gasteiger partial charge in [0, 0.05) is 19.8 Å². The summed E-state index contributed by atoms with van der Waals surface area (Å²) in [6.07, 6.45) is 0.579. The van der Waals surface area contributed by atoms with E-state index < -0.39 is 11.9 Å². The van der Waals surface area contributed by atoms with Crippen LogP contribution in [0.15, 0.2) is 60.7 Å². The second-order valence-corrected chi connectivity index (χ2v) is 5.51. The van der Waals surface area contributed by atoms with Crippen LogP contribution >= 0.6 is 0 Å². The summed E-state index contributed by atoms with van der Waals surface area (Å²) in [6.45, 7) is 1.82. The van der Waals surface area contributed by atoms with E-state index in [2.05, 4.69) is 0 Å². The van der Waals surface area contributed by atoms with Crippen molar-refractivity contribution in [2.75, 3.05) is 0 Å². The second kappa shape index (κ2) is 5.70. The number of hydrogen-bond donors (Lipinski definition) is 0. The molecule has 2 aromatic rings. The van der Waals surface area contributed by atoms with Crippen molar-refractivity contribution in [2.45, 2.75) is 31.7 Å². The molecule has 3 rings (SSSR count). The molecule has 0 spiro atoms. The highest BCUT2D eigenvalue weighted by molar-refractivity contribution is 5.77. The van der Waals surface area contributed by atoms with Gasteiger partial charge in [0.2, 0.25) is 5.79 Å². The van der Waals surface area contributed by atoms with Gasteiger partial charge in [0.05, 0.1) is 0 Å². The highest BCUT2D eigenvalue weighted by atomic mass is 16.8. The molecule has 0 bridgehead atoms. The van der Waals surface area contributed by atoms with E-state index in [0.29, 0.717) is 12.8 Å². The predicted octanol–water partition coefficient (Wildman–Crippen LogP) is 3.13. The first kappa shape index (κ1) is 13.8. The first-order valence-electron chi connectivity index (χ1n) is 7.13. The molecule has 108 valence electrons. The van der Waals surface area contributed by atoms with Crippen molar-refractivity contribution >= 4 is 5.97 Å². The summed E-state index contributed by atoms with van der Waals surface area (Å²) in [4.78, 5) is 12.0. The molecular weight excluding hydrogens is 264 g/mol. The Hall–Kier alpha value is -2.13. The molecule has 0 N–H and O–H groups in total. The zero-order chi connectivity index (χ0) is 14.7. The second-order valence-electron chi connectivity index (χ2n) is 5.51. The molecular formula is C18H18O3. The monoisotopic (exact) mass is 282 g/mol. The molecule has 2 atom stereocenters. The fourth-order valence-electron chi connectivity index (χ4n) is 2.65. The molecule has 1 heterocycles. The largest absolute Gasteiger partial charge is 0.431 e. The van der Waals surface area contributed by atoms with E-state index in [1.807, 2.05) is 67.6 Å². The zero-order valence-corrected chi connectivity index (χ0v) is 12.0. The molecule has 2 aromatic carbocycles. The molecule has 0 aromatic heterocycles. The highest BCUT2D eigenvalue weighted by Gasteiger charge is 2.44. The van der Waals surface area contributed by atoms with E-state index in [0.717, 1.165) is 11.1 Å². The van der Waals surface area contributed by atoms with Crippen LogP contribution in [-0.4, -0.2) is 17.9 Å². The van der Waals surface area contributed by atoms with Gasteiger partial charge in [-0.2, -0.15) is 0 Å². The topological polar surface area (TPSA) is 35.5 Å². The first-order chi connectivity index (χ1) is 10.1. The normalized spacial score (nSPS) is 24.8. The van der Waals surface area contributed by atoms with Gasteiger partial charge >= 0.3 is 5.97 Å². The van der Waals surface area contributed by atoms with E-state index in [4.69, 9.17) is 9.47 Å². The number of esters is 1. The summed E-state index contributed by atoms with van der Waals surface area (Å²) in [6, 6.07) is 19.8. The van der Waals surface area contributed by atoms with Crippen LogP contribution in [0.2, 0.25) is 0 Å². The highest BCUT2D eigenvalue weighted by Crippen LogP contribution is 2.29. The Morgan fingerprint density at radius 2 is 1.52 bits per heavy atom. The van der Waals surface area contributed by atoms with Crippen molar-refractivity contribution in [1.82, 2.24) is 0 Å². The maximum atomic E-state index is 12.0. The number of cyclic esters (lactones) is 1. The van der Waals surface area contributed by atoms with Crippen LogP contribution in [0.25, 0.3) is 0 Å². The van der Waals surface area contributed by atoms with Gasteiger partial charge in [-0.25, -0.2) is 4.79 Å². The van der Waals surface area contributed by atoms with E-state index >= 15 is 0 Å². The predicted molar refractivity (Wildman–Crippen MR) is 79.7 cm³/mol. The molecule has 21 heavy (non-hydrogen) atoms. The third-order valence-electron chi connectivity index (χ3n) is 3.60. The fourth-order valence-corrected chi connectivity index (χ4v) is 2.65. The summed E-state index contributed by atoms with van der Waals surface area (Å²) in [5.41, 5.74) is 2.16. The Morgan fingerprint density at radius 3 is 2.14 bits per heavy atom. The number of benzene rings is 2. The van der Waals surface area contributed by atoms with Crippen molar-refractivity contribution in [3.63, 3.8) is 0 Å². The molecule has 0 unspecified atom stereocenters. The van der Waals surface area contributed by atoms with Crippen molar-refractivity contribution in [1.29, 1.82) is 0 Å². The average molecular weight is 282 g/mol.